The average molecular weight is 285 g/mol. The van der Waals surface area contributed by atoms with Crippen LogP contribution in [0.4, 0.5) is 5.82 Å². The van der Waals surface area contributed by atoms with Crippen LogP contribution in [0.15, 0.2) is 12.3 Å². The molecule has 0 saturated carbocycles. The van der Waals surface area contributed by atoms with Gasteiger partial charge in [0.05, 0.1) is 10.6 Å². The highest BCUT2D eigenvalue weighted by molar-refractivity contribution is 6.33. The molecule has 0 aliphatic heterocycles. The maximum atomic E-state index is 12.0. The van der Waals surface area contributed by atoms with Crippen molar-refractivity contribution < 1.29 is 4.79 Å². The molecular formula is C13H21ClN4O. The minimum absolute atomic E-state index is 0.0646. The first-order valence-electron chi connectivity index (χ1n) is 6.29. The Morgan fingerprint density at radius 2 is 2.21 bits per heavy atom. The number of nitrogens with one attached hydrogen (secondary N) is 2. The van der Waals surface area contributed by atoms with Crippen molar-refractivity contribution in [3.8, 4) is 0 Å². The molecule has 1 rings (SSSR count). The van der Waals surface area contributed by atoms with Crippen molar-refractivity contribution in [3.63, 3.8) is 0 Å². The van der Waals surface area contributed by atoms with Crippen LogP contribution in [-0.2, 0) is 0 Å². The number of likely N-dealkylation sites (N-methyl/N-ethyl adjacent to an activating group) is 1. The summed E-state index contributed by atoms with van der Waals surface area (Å²) in [6, 6.07) is 1.69. The Morgan fingerprint density at radius 1 is 1.53 bits per heavy atom. The molecule has 0 aromatic carbocycles. The van der Waals surface area contributed by atoms with Crippen molar-refractivity contribution in [2.45, 2.75) is 19.9 Å². The van der Waals surface area contributed by atoms with Crippen molar-refractivity contribution in [2.75, 3.05) is 32.5 Å². The van der Waals surface area contributed by atoms with Gasteiger partial charge in [-0.15, -0.1) is 0 Å². The molecule has 0 bridgehead atoms. The topological polar surface area (TPSA) is 57.3 Å². The van der Waals surface area contributed by atoms with E-state index in [0.29, 0.717) is 16.4 Å². The molecule has 1 heterocycles. The molecule has 0 spiro atoms. The van der Waals surface area contributed by atoms with Crippen LogP contribution in [-0.4, -0.2) is 49.0 Å². The highest BCUT2D eigenvalue weighted by Crippen LogP contribution is 2.19. The number of anilines is 1. The largest absolute Gasteiger partial charge is 0.369 e. The van der Waals surface area contributed by atoms with Gasteiger partial charge in [-0.1, -0.05) is 11.6 Å². The smallest absolute Gasteiger partial charge is 0.253 e. The van der Waals surface area contributed by atoms with Crippen molar-refractivity contribution in [2.24, 2.45) is 0 Å². The molecule has 0 fully saturated rings. The zero-order chi connectivity index (χ0) is 14.4. The summed E-state index contributed by atoms with van der Waals surface area (Å²) in [5.74, 6) is 0.439. The van der Waals surface area contributed by atoms with Gasteiger partial charge in [-0.05, 0) is 34.0 Å². The fourth-order valence-corrected chi connectivity index (χ4v) is 1.99. The Balaban J connectivity index is 2.69. The SMILES string of the molecule is CCNc1ncc(C(=O)NC(C)CN(C)C)cc1Cl. The van der Waals surface area contributed by atoms with Crippen molar-refractivity contribution in [1.29, 1.82) is 0 Å². The van der Waals surface area contributed by atoms with Gasteiger partial charge in [-0.3, -0.25) is 4.79 Å². The molecule has 1 atom stereocenters. The van der Waals surface area contributed by atoms with E-state index >= 15 is 0 Å². The lowest BCUT2D eigenvalue weighted by Crippen LogP contribution is -2.39. The van der Waals surface area contributed by atoms with Gasteiger partial charge < -0.3 is 15.5 Å². The molecule has 0 aliphatic carbocycles. The number of amides is 1. The van der Waals surface area contributed by atoms with E-state index in [1.165, 1.54) is 6.20 Å². The van der Waals surface area contributed by atoms with E-state index in [-0.39, 0.29) is 11.9 Å². The summed E-state index contributed by atoms with van der Waals surface area (Å²) in [5, 5.41) is 6.39. The van der Waals surface area contributed by atoms with Crippen LogP contribution >= 0.6 is 11.6 Å². The van der Waals surface area contributed by atoms with Crippen molar-refractivity contribution in [3.05, 3.63) is 22.8 Å². The Labute approximate surface area is 119 Å². The Morgan fingerprint density at radius 3 is 2.74 bits per heavy atom. The molecular weight excluding hydrogens is 264 g/mol. The fraction of sp³-hybridized carbons (Fsp3) is 0.538. The number of rotatable bonds is 6. The quantitative estimate of drug-likeness (QED) is 0.837. The van der Waals surface area contributed by atoms with E-state index < -0.39 is 0 Å². The maximum absolute atomic E-state index is 12.0. The number of carbonyl (C=O) groups is 1. The lowest BCUT2D eigenvalue weighted by atomic mass is 10.2. The number of halogens is 1. The second-order valence-electron chi connectivity index (χ2n) is 4.72. The first-order valence-corrected chi connectivity index (χ1v) is 6.66. The third kappa shape index (κ3) is 5.04. The lowest BCUT2D eigenvalue weighted by molar-refractivity contribution is 0.0934. The zero-order valence-electron chi connectivity index (χ0n) is 11.8. The molecule has 1 aromatic rings. The number of carbonyl (C=O) groups excluding carboxylic acids is 1. The van der Waals surface area contributed by atoms with E-state index in [1.807, 2.05) is 32.8 Å². The van der Waals surface area contributed by atoms with Gasteiger partial charge in [0.25, 0.3) is 5.91 Å². The average Bonchev–Trinajstić information content (AvgIpc) is 2.30. The summed E-state index contributed by atoms with van der Waals surface area (Å²) in [5.41, 5.74) is 0.470. The third-order valence-corrected chi connectivity index (χ3v) is 2.75. The van der Waals surface area contributed by atoms with Gasteiger partial charge in [-0.2, -0.15) is 0 Å². The van der Waals surface area contributed by atoms with Crippen molar-refractivity contribution >= 4 is 23.3 Å². The molecule has 0 saturated heterocycles. The minimum atomic E-state index is -0.160. The monoisotopic (exact) mass is 284 g/mol. The molecule has 0 radical (unpaired) electrons. The van der Waals surface area contributed by atoms with E-state index in [1.54, 1.807) is 6.07 Å². The maximum Gasteiger partial charge on any atom is 0.253 e. The van der Waals surface area contributed by atoms with Gasteiger partial charge in [0, 0.05) is 25.3 Å². The Kier molecular flexibility index (Phi) is 6.05. The number of aromatic nitrogens is 1. The third-order valence-electron chi connectivity index (χ3n) is 2.46. The highest BCUT2D eigenvalue weighted by atomic mass is 35.5. The van der Waals surface area contributed by atoms with E-state index in [2.05, 4.69) is 15.6 Å². The number of hydrogen-bond acceptors (Lipinski definition) is 4. The van der Waals surface area contributed by atoms with Crippen LogP contribution in [0, 0.1) is 0 Å². The van der Waals surface area contributed by atoms with Crippen molar-refractivity contribution in [1.82, 2.24) is 15.2 Å². The second-order valence-corrected chi connectivity index (χ2v) is 5.13. The van der Waals surface area contributed by atoms with Gasteiger partial charge in [0.15, 0.2) is 0 Å². The van der Waals surface area contributed by atoms with Gasteiger partial charge >= 0.3 is 0 Å². The normalized spacial score (nSPS) is 12.3. The van der Waals surface area contributed by atoms with Crippen LogP contribution in [0.1, 0.15) is 24.2 Å². The summed E-state index contributed by atoms with van der Waals surface area (Å²) in [7, 11) is 3.93. The lowest BCUT2D eigenvalue weighted by Gasteiger charge is -2.18. The Bertz CT molecular complexity index is 437. The molecule has 19 heavy (non-hydrogen) atoms. The summed E-state index contributed by atoms with van der Waals surface area (Å²) in [6.45, 7) is 5.43. The number of nitrogens with zero attached hydrogens (tertiary/aromatic N) is 2. The first-order chi connectivity index (χ1) is 8.93. The number of pyridine rings is 1. The van der Waals surface area contributed by atoms with Gasteiger partial charge in [0.1, 0.15) is 5.82 Å². The van der Waals surface area contributed by atoms with Crippen LogP contribution < -0.4 is 10.6 Å². The molecule has 6 heteroatoms. The fourth-order valence-electron chi connectivity index (χ4n) is 1.76. The Hall–Kier alpha value is -1.33. The van der Waals surface area contributed by atoms with E-state index in [9.17, 15) is 4.79 Å². The summed E-state index contributed by atoms with van der Waals surface area (Å²) in [6.07, 6.45) is 1.53. The predicted molar refractivity (Wildman–Crippen MR) is 78.9 cm³/mol. The zero-order valence-corrected chi connectivity index (χ0v) is 12.6. The van der Waals surface area contributed by atoms with Crippen LogP contribution in [0.2, 0.25) is 5.02 Å². The van der Waals surface area contributed by atoms with E-state index in [4.69, 9.17) is 11.6 Å². The molecule has 5 nitrogen and oxygen atoms in total. The first kappa shape index (κ1) is 15.7. The van der Waals surface area contributed by atoms with Crippen LogP contribution in [0.3, 0.4) is 0 Å². The molecule has 0 aliphatic rings. The van der Waals surface area contributed by atoms with E-state index in [0.717, 1.165) is 13.1 Å². The van der Waals surface area contributed by atoms with Gasteiger partial charge in [0.2, 0.25) is 0 Å². The predicted octanol–water partition coefficient (Wildman–Crippen LogP) is 1.85. The number of hydrogen-bond donors (Lipinski definition) is 2. The standard InChI is InChI=1S/C13H21ClN4O/c1-5-15-12-11(14)6-10(7-16-12)13(19)17-9(2)8-18(3)4/h6-7,9H,5,8H2,1-4H3,(H,15,16)(H,17,19). The minimum Gasteiger partial charge on any atom is -0.369 e. The molecule has 2 N–H and O–H groups in total. The highest BCUT2D eigenvalue weighted by Gasteiger charge is 2.12. The summed E-state index contributed by atoms with van der Waals surface area (Å²) in [4.78, 5) is 18.2. The molecule has 106 valence electrons. The van der Waals surface area contributed by atoms with Crippen LogP contribution in [0.25, 0.3) is 0 Å². The molecule has 1 unspecified atom stereocenters. The molecule has 1 aromatic heterocycles. The van der Waals surface area contributed by atoms with Gasteiger partial charge in [-0.25, -0.2) is 4.98 Å². The van der Waals surface area contributed by atoms with Crippen LogP contribution in [0.5, 0.6) is 0 Å². The second kappa shape index (κ2) is 7.31. The summed E-state index contributed by atoms with van der Waals surface area (Å²) >= 11 is 6.06. The summed E-state index contributed by atoms with van der Waals surface area (Å²) < 4.78 is 0. The molecule has 1 amide bonds.